The third kappa shape index (κ3) is 6.27. The summed E-state index contributed by atoms with van der Waals surface area (Å²) < 4.78 is 9.02. The summed E-state index contributed by atoms with van der Waals surface area (Å²) >= 11 is 0. The van der Waals surface area contributed by atoms with Crippen molar-refractivity contribution in [1.82, 2.24) is 0 Å². The molecule has 2 N–H and O–H groups in total. The number of aromatic carboxylic acids is 2. The molecule has 0 aliphatic carbocycles. The van der Waals surface area contributed by atoms with Crippen LogP contribution >= 0.6 is 0 Å². The second-order valence-electron chi connectivity index (χ2n) is 5.88. The number of carboxylic acid groups (broad SMARTS) is 2. The van der Waals surface area contributed by atoms with Gasteiger partial charge in [-0.25, -0.2) is 19.2 Å². The molecule has 0 radical (unpaired) electrons. The van der Waals surface area contributed by atoms with Crippen LogP contribution in [0.15, 0.2) is 73.8 Å². The minimum absolute atomic E-state index is 0.00972. The molecular weight excluding hydrogens is 416 g/mol. The summed E-state index contributed by atoms with van der Waals surface area (Å²) in [6, 6.07) is 15.4. The second-order valence-corrected chi connectivity index (χ2v) is 5.88. The van der Waals surface area contributed by atoms with E-state index in [-0.39, 0.29) is 16.5 Å². The van der Waals surface area contributed by atoms with Crippen molar-refractivity contribution in [2.45, 2.75) is 0 Å². The molecule has 8 heteroatoms. The highest BCUT2D eigenvalue weighted by Gasteiger charge is 2.15. The van der Waals surface area contributed by atoms with Crippen LogP contribution in [0.1, 0.15) is 41.4 Å². The van der Waals surface area contributed by atoms with E-state index in [9.17, 15) is 19.2 Å². The fourth-order valence-corrected chi connectivity index (χ4v) is 2.68. The lowest BCUT2D eigenvalue weighted by atomic mass is 9.99. The first-order chi connectivity index (χ1) is 15.3. The van der Waals surface area contributed by atoms with E-state index in [0.717, 1.165) is 0 Å². The van der Waals surface area contributed by atoms with Gasteiger partial charge in [-0.05, 0) is 41.8 Å². The Labute approximate surface area is 184 Å². The monoisotopic (exact) mass is 438 g/mol. The average molecular weight is 438 g/mol. The summed E-state index contributed by atoms with van der Waals surface area (Å²) in [5.74, 6) is -3.11. The molecule has 166 valence electrons. The molecule has 3 aromatic rings. The topological polar surface area (TPSA) is 127 Å². The van der Waals surface area contributed by atoms with Crippen LogP contribution in [-0.2, 0) is 9.47 Å². The first-order valence-electron chi connectivity index (χ1n) is 9.05. The molecule has 0 aliphatic heterocycles. The maximum absolute atomic E-state index is 11.0. The third-order valence-corrected chi connectivity index (χ3v) is 4.09. The quantitative estimate of drug-likeness (QED) is 0.456. The van der Waals surface area contributed by atoms with Gasteiger partial charge in [-0.3, -0.25) is 0 Å². The number of benzene rings is 3. The number of ether oxygens (including phenoxy) is 2. The summed E-state index contributed by atoms with van der Waals surface area (Å²) in [5.41, 5.74) is 0.825. The smallest absolute Gasteiger partial charge is 0.337 e. The first kappa shape index (κ1) is 25.6. The molecule has 8 nitrogen and oxygen atoms in total. The molecule has 0 bridgehead atoms. The molecule has 0 atom stereocenters. The standard InChI is InChI=1S/C12H8O4.C10H10O4.C2H4/c13-11(14)8-5-1-3-7-4-2-6-9(10(7)8)12(15)16;1-13-9(11)7-3-5-8(6-4-7)10(12)14-2;1-2/h1-6H,(H,13,14)(H,15,16);3-6H,1-2H3;1-2H2. The third-order valence-electron chi connectivity index (χ3n) is 4.09. The highest BCUT2D eigenvalue weighted by atomic mass is 16.5. The van der Waals surface area contributed by atoms with E-state index in [2.05, 4.69) is 22.6 Å². The number of rotatable bonds is 4. The van der Waals surface area contributed by atoms with Crippen molar-refractivity contribution in [2.24, 2.45) is 0 Å². The Bertz CT molecular complexity index is 1030. The van der Waals surface area contributed by atoms with Crippen LogP contribution < -0.4 is 0 Å². The Morgan fingerprint density at radius 2 is 1.00 bits per heavy atom. The van der Waals surface area contributed by atoms with Crippen molar-refractivity contribution >= 4 is 34.6 Å². The Hall–Kier alpha value is -4.46. The van der Waals surface area contributed by atoms with Gasteiger partial charge in [0, 0.05) is 5.39 Å². The summed E-state index contributed by atoms with van der Waals surface area (Å²) in [5, 5.41) is 18.9. The van der Waals surface area contributed by atoms with E-state index < -0.39 is 23.9 Å². The number of carbonyl (C=O) groups excluding carboxylic acids is 2. The Balaban J connectivity index is 0.000000300. The van der Waals surface area contributed by atoms with Crippen molar-refractivity contribution in [3.8, 4) is 0 Å². The van der Waals surface area contributed by atoms with E-state index in [1.807, 2.05) is 0 Å². The number of carboxylic acids is 2. The van der Waals surface area contributed by atoms with Gasteiger partial charge in [0.25, 0.3) is 0 Å². The zero-order chi connectivity index (χ0) is 24.3. The van der Waals surface area contributed by atoms with Gasteiger partial charge >= 0.3 is 23.9 Å². The van der Waals surface area contributed by atoms with Crippen molar-refractivity contribution in [2.75, 3.05) is 14.2 Å². The Morgan fingerprint density at radius 1 is 0.656 bits per heavy atom. The van der Waals surface area contributed by atoms with E-state index in [1.54, 1.807) is 24.3 Å². The molecule has 0 aliphatic rings. The van der Waals surface area contributed by atoms with Crippen LogP contribution in [0.3, 0.4) is 0 Å². The lowest BCUT2D eigenvalue weighted by Gasteiger charge is -2.05. The van der Waals surface area contributed by atoms with Gasteiger partial charge in [-0.2, -0.15) is 0 Å². The normalized spacial score (nSPS) is 9.31. The number of esters is 2. The molecule has 0 saturated heterocycles. The predicted molar refractivity (Wildman–Crippen MR) is 118 cm³/mol. The van der Waals surface area contributed by atoms with Crippen molar-refractivity contribution in [1.29, 1.82) is 0 Å². The molecule has 0 amide bonds. The number of hydrogen-bond donors (Lipinski definition) is 2. The van der Waals surface area contributed by atoms with E-state index >= 15 is 0 Å². The number of methoxy groups -OCH3 is 2. The predicted octanol–water partition coefficient (Wildman–Crippen LogP) is 4.30. The van der Waals surface area contributed by atoms with Gasteiger partial charge in [0.2, 0.25) is 0 Å². The lowest BCUT2D eigenvalue weighted by Crippen LogP contribution is -2.04. The fraction of sp³-hybridized carbons (Fsp3) is 0.0833. The van der Waals surface area contributed by atoms with Crippen molar-refractivity contribution < 1.29 is 38.9 Å². The molecule has 0 heterocycles. The fourth-order valence-electron chi connectivity index (χ4n) is 2.68. The molecule has 32 heavy (non-hydrogen) atoms. The molecule has 0 aromatic heterocycles. The summed E-state index contributed by atoms with van der Waals surface area (Å²) in [4.78, 5) is 44.0. The zero-order valence-electron chi connectivity index (χ0n) is 17.5. The van der Waals surface area contributed by atoms with E-state index in [1.165, 1.54) is 50.6 Å². The Morgan fingerprint density at radius 3 is 1.28 bits per heavy atom. The molecule has 0 fully saturated rings. The summed E-state index contributed by atoms with van der Waals surface area (Å²) in [6.07, 6.45) is 0. The number of hydrogen-bond acceptors (Lipinski definition) is 6. The number of carbonyl (C=O) groups is 4. The number of fused-ring (bicyclic) bond motifs is 1. The second kappa shape index (κ2) is 12.3. The van der Waals surface area contributed by atoms with Crippen molar-refractivity contribution in [3.63, 3.8) is 0 Å². The van der Waals surface area contributed by atoms with E-state index in [4.69, 9.17) is 10.2 Å². The first-order valence-corrected chi connectivity index (χ1v) is 9.05. The van der Waals surface area contributed by atoms with Gasteiger partial charge in [-0.15, -0.1) is 13.2 Å². The highest BCUT2D eigenvalue weighted by Crippen LogP contribution is 2.23. The molecule has 3 aromatic carbocycles. The van der Waals surface area contributed by atoms with Gasteiger partial charge in [0.15, 0.2) is 0 Å². The SMILES string of the molecule is C=C.COC(=O)c1ccc(C(=O)OC)cc1.O=C(O)c1cccc2cccc(C(=O)O)c12. The minimum Gasteiger partial charge on any atom is -0.478 e. The van der Waals surface area contributed by atoms with Gasteiger partial charge in [0.05, 0.1) is 36.5 Å². The Kier molecular flexibility index (Phi) is 9.82. The highest BCUT2D eigenvalue weighted by molar-refractivity contribution is 6.12. The largest absolute Gasteiger partial charge is 0.478 e. The summed E-state index contributed by atoms with van der Waals surface area (Å²) in [6.45, 7) is 6.00. The van der Waals surface area contributed by atoms with Gasteiger partial charge in [-0.1, -0.05) is 24.3 Å². The van der Waals surface area contributed by atoms with E-state index in [0.29, 0.717) is 16.5 Å². The zero-order valence-corrected chi connectivity index (χ0v) is 17.5. The van der Waals surface area contributed by atoms with Crippen LogP contribution in [0.5, 0.6) is 0 Å². The van der Waals surface area contributed by atoms with Crippen LogP contribution in [0.25, 0.3) is 10.8 Å². The molecule has 0 unspecified atom stereocenters. The van der Waals surface area contributed by atoms with Crippen LogP contribution in [0.4, 0.5) is 0 Å². The molecular formula is C24H22O8. The van der Waals surface area contributed by atoms with Crippen molar-refractivity contribution in [3.05, 3.63) is 96.1 Å². The maximum Gasteiger partial charge on any atom is 0.337 e. The average Bonchev–Trinajstić information content (AvgIpc) is 2.83. The van der Waals surface area contributed by atoms with Gasteiger partial charge in [0.1, 0.15) is 0 Å². The molecule has 0 saturated carbocycles. The minimum atomic E-state index is -1.13. The van der Waals surface area contributed by atoms with Crippen LogP contribution in [0, 0.1) is 0 Å². The lowest BCUT2D eigenvalue weighted by molar-refractivity contribution is 0.0586. The summed E-state index contributed by atoms with van der Waals surface area (Å²) in [7, 11) is 2.60. The van der Waals surface area contributed by atoms with Gasteiger partial charge < -0.3 is 19.7 Å². The molecule has 0 spiro atoms. The van der Waals surface area contributed by atoms with Crippen LogP contribution in [-0.4, -0.2) is 48.3 Å². The molecule has 3 rings (SSSR count). The maximum atomic E-state index is 11.0. The van der Waals surface area contributed by atoms with Crippen LogP contribution in [0.2, 0.25) is 0 Å².